The molecule has 0 aliphatic carbocycles. The smallest absolute Gasteiger partial charge is 0.338 e. The van der Waals surface area contributed by atoms with Crippen molar-refractivity contribution in [3.05, 3.63) is 84.1 Å². The Hall–Kier alpha value is -3.32. The molecule has 2 aromatic carbocycles. The number of esters is 1. The second kappa shape index (κ2) is 8.81. The molecular weight excluding hydrogens is 412 g/mol. The van der Waals surface area contributed by atoms with Crippen molar-refractivity contribution >= 4 is 28.8 Å². The quantitative estimate of drug-likeness (QED) is 0.480. The number of amidine groups is 1. The molecule has 1 saturated heterocycles. The van der Waals surface area contributed by atoms with Gasteiger partial charge in [0.2, 0.25) is 5.91 Å². The van der Waals surface area contributed by atoms with E-state index in [1.54, 1.807) is 11.8 Å². The first kappa shape index (κ1) is 20.9. The first-order chi connectivity index (χ1) is 15.0. The Labute approximate surface area is 185 Å². The largest absolute Gasteiger partial charge is 0.458 e. The minimum atomic E-state index is -0.644. The molecule has 0 bridgehead atoms. The summed E-state index contributed by atoms with van der Waals surface area (Å²) in [7, 11) is 0. The van der Waals surface area contributed by atoms with E-state index >= 15 is 0 Å². The molecule has 158 valence electrons. The third-order valence-corrected chi connectivity index (χ3v) is 6.02. The Balaban J connectivity index is 1.76. The van der Waals surface area contributed by atoms with Crippen LogP contribution in [0.15, 0.2) is 83.5 Å². The molecule has 2 unspecified atom stereocenters. The van der Waals surface area contributed by atoms with Crippen molar-refractivity contribution in [3.63, 3.8) is 0 Å². The molecule has 0 radical (unpaired) electrons. The third kappa shape index (κ3) is 4.14. The van der Waals surface area contributed by atoms with Crippen molar-refractivity contribution in [1.29, 1.82) is 0 Å². The number of benzene rings is 2. The number of hydrogen-bond donors (Lipinski definition) is 0. The van der Waals surface area contributed by atoms with Gasteiger partial charge in [-0.3, -0.25) is 9.69 Å². The summed E-state index contributed by atoms with van der Waals surface area (Å²) in [4.78, 5) is 32.0. The number of carbonyl (C=O) groups is 2. The summed E-state index contributed by atoms with van der Waals surface area (Å²) in [5.41, 5.74) is 1.62. The van der Waals surface area contributed by atoms with E-state index in [0.29, 0.717) is 27.9 Å². The molecule has 2 aliphatic rings. The molecule has 0 spiro atoms. The van der Waals surface area contributed by atoms with Crippen LogP contribution in [0.3, 0.4) is 0 Å². The van der Waals surface area contributed by atoms with Crippen LogP contribution in [-0.4, -0.2) is 33.8 Å². The average molecular weight is 435 g/mol. The average Bonchev–Trinajstić information content (AvgIpc) is 3.05. The monoisotopic (exact) mass is 434 g/mol. The van der Waals surface area contributed by atoms with Gasteiger partial charge in [0.15, 0.2) is 5.17 Å². The maximum atomic E-state index is 13.0. The molecule has 31 heavy (non-hydrogen) atoms. The molecule has 2 heterocycles. The van der Waals surface area contributed by atoms with Crippen molar-refractivity contribution in [3.8, 4) is 11.5 Å². The van der Waals surface area contributed by atoms with Crippen molar-refractivity contribution in [2.24, 2.45) is 4.99 Å². The lowest BCUT2D eigenvalue weighted by molar-refractivity contribution is -0.139. The number of para-hydroxylation sites is 1. The van der Waals surface area contributed by atoms with Gasteiger partial charge in [0.25, 0.3) is 0 Å². The van der Waals surface area contributed by atoms with Gasteiger partial charge in [-0.1, -0.05) is 54.7 Å². The predicted octanol–water partition coefficient (Wildman–Crippen LogP) is 4.86. The summed E-state index contributed by atoms with van der Waals surface area (Å²) in [6, 6.07) is 16.2. The van der Waals surface area contributed by atoms with E-state index in [9.17, 15) is 9.59 Å². The minimum absolute atomic E-state index is 0.0785. The van der Waals surface area contributed by atoms with Crippen LogP contribution >= 0.6 is 11.8 Å². The molecule has 4 rings (SSSR count). The lowest BCUT2D eigenvalue weighted by Crippen LogP contribution is -2.40. The van der Waals surface area contributed by atoms with Crippen LogP contribution in [0.2, 0.25) is 0 Å². The van der Waals surface area contributed by atoms with Gasteiger partial charge in [-0.05, 0) is 43.7 Å². The molecule has 0 saturated carbocycles. The van der Waals surface area contributed by atoms with Gasteiger partial charge in [0.1, 0.15) is 18.1 Å². The molecule has 0 aromatic heterocycles. The zero-order chi connectivity index (χ0) is 22.0. The van der Waals surface area contributed by atoms with Crippen molar-refractivity contribution in [2.45, 2.75) is 25.1 Å². The number of hydrogen-bond acceptors (Lipinski definition) is 6. The van der Waals surface area contributed by atoms with Crippen LogP contribution in [0.5, 0.6) is 11.5 Å². The Morgan fingerprint density at radius 3 is 2.68 bits per heavy atom. The van der Waals surface area contributed by atoms with Gasteiger partial charge >= 0.3 is 5.97 Å². The predicted molar refractivity (Wildman–Crippen MR) is 121 cm³/mol. The highest BCUT2D eigenvalue weighted by atomic mass is 32.2. The highest BCUT2D eigenvalue weighted by Gasteiger charge is 2.46. The number of nitrogens with zero attached hydrogens (tertiary/aromatic N) is 2. The van der Waals surface area contributed by atoms with Crippen LogP contribution in [0.1, 0.15) is 25.5 Å². The molecule has 6 nitrogen and oxygen atoms in total. The lowest BCUT2D eigenvalue weighted by Gasteiger charge is -2.33. The summed E-state index contributed by atoms with van der Waals surface area (Å²) in [6.07, 6.45) is 1.51. The maximum absolute atomic E-state index is 13.0. The summed E-state index contributed by atoms with van der Waals surface area (Å²) >= 11 is 1.39. The van der Waals surface area contributed by atoms with E-state index in [0.717, 1.165) is 5.56 Å². The van der Waals surface area contributed by atoms with Crippen molar-refractivity contribution < 1.29 is 19.1 Å². The number of amides is 1. The van der Waals surface area contributed by atoms with Gasteiger partial charge in [0.05, 0.1) is 22.6 Å². The fourth-order valence-electron chi connectivity index (χ4n) is 3.56. The number of ether oxygens (including phenoxy) is 2. The zero-order valence-electron chi connectivity index (χ0n) is 17.3. The van der Waals surface area contributed by atoms with Crippen LogP contribution in [0, 0.1) is 0 Å². The van der Waals surface area contributed by atoms with Gasteiger partial charge in [-0.25, -0.2) is 9.79 Å². The zero-order valence-corrected chi connectivity index (χ0v) is 18.1. The minimum Gasteiger partial charge on any atom is -0.458 e. The Kier molecular flexibility index (Phi) is 5.95. The second-order valence-electron chi connectivity index (χ2n) is 7.14. The Morgan fingerprint density at radius 1 is 1.19 bits per heavy atom. The number of rotatable bonds is 6. The van der Waals surface area contributed by atoms with Crippen LogP contribution in [0.25, 0.3) is 0 Å². The molecule has 2 aromatic rings. The maximum Gasteiger partial charge on any atom is 0.338 e. The Bertz CT molecular complexity index is 1090. The van der Waals surface area contributed by atoms with Gasteiger partial charge in [-0.15, -0.1) is 0 Å². The summed E-state index contributed by atoms with van der Waals surface area (Å²) in [5, 5.41) is 0.316. The molecule has 2 atom stereocenters. The van der Waals surface area contributed by atoms with E-state index in [1.807, 2.05) is 61.5 Å². The molecule has 0 N–H and O–H groups in total. The van der Waals surface area contributed by atoms with Crippen LogP contribution < -0.4 is 4.74 Å². The number of thioether (sulfide) groups is 1. The van der Waals surface area contributed by atoms with Gasteiger partial charge in [-0.2, -0.15) is 0 Å². The first-order valence-electron chi connectivity index (χ1n) is 9.89. The summed E-state index contributed by atoms with van der Waals surface area (Å²) in [5.74, 6) is 0.697. The highest BCUT2D eigenvalue weighted by molar-refractivity contribution is 8.15. The normalized spacial score (nSPS) is 20.3. The van der Waals surface area contributed by atoms with Crippen molar-refractivity contribution in [2.75, 3.05) is 6.61 Å². The fraction of sp³-hybridized carbons (Fsp3) is 0.208. The number of allylic oxidation sites excluding steroid dienone is 1. The SMILES string of the molecule is C=CCOC(=O)C1=C(C)N=C2SC(C)C(=O)N2C1c1cccc(Oc2ccccc2)c1. The molecule has 2 aliphatic heterocycles. The first-order valence-corrected chi connectivity index (χ1v) is 10.8. The van der Waals surface area contributed by atoms with E-state index in [-0.39, 0.29) is 17.8 Å². The van der Waals surface area contributed by atoms with Crippen LogP contribution in [0.4, 0.5) is 0 Å². The van der Waals surface area contributed by atoms with E-state index in [2.05, 4.69) is 11.6 Å². The Morgan fingerprint density at radius 2 is 1.94 bits per heavy atom. The van der Waals surface area contributed by atoms with E-state index in [1.165, 1.54) is 17.8 Å². The number of aliphatic imine (C=N–C) groups is 1. The second-order valence-corrected chi connectivity index (χ2v) is 8.45. The third-order valence-electron chi connectivity index (χ3n) is 4.96. The van der Waals surface area contributed by atoms with Gasteiger partial charge < -0.3 is 9.47 Å². The molecular formula is C24H22N2O4S. The van der Waals surface area contributed by atoms with Crippen LogP contribution in [-0.2, 0) is 14.3 Å². The lowest BCUT2D eigenvalue weighted by atomic mass is 9.94. The topological polar surface area (TPSA) is 68.2 Å². The molecule has 1 fully saturated rings. The summed E-state index contributed by atoms with van der Waals surface area (Å²) in [6.45, 7) is 7.28. The fourth-order valence-corrected chi connectivity index (χ4v) is 4.59. The van der Waals surface area contributed by atoms with E-state index < -0.39 is 12.0 Å². The highest BCUT2D eigenvalue weighted by Crippen LogP contribution is 2.44. The van der Waals surface area contributed by atoms with Gasteiger partial charge in [0, 0.05) is 0 Å². The number of fused-ring (bicyclic) bond motifs is 1. The standard InChI is InChI=1S/C24H22N2O4S/c1-4-13-29-23(28)20-15(2)25-24-26(22(27)16(3)31-24)21(20)17-9-8-12-19(14-17)30-18-10-6-5-7-11-18/h4-12,14,16,21H,1,13H2,2-3H3. The molecule has 7 heteroatoms. The number of carbonyl (C=O) groups excluding carboxylic acids is 2. The van der Waals surface area contributed by atoms with E-state index in [4.69, 9.17) is 9.47 Å². The van der Waals surface area contributed by atoms with Crippen molar-refractivity contribution in [1.82, 2.24) is 4.90 Å². The molecule has 1 amide bonds. The summed E-state index contributed by atoms with van der Waals surface area (Å²) < 4.78 is 11.3.